The molecule has 0 aromatic carbocycles. The van der Waals surface area contributed by atoms with E-state index in [1.165, 1.54) is 30.8 Å². The summed E-state index contributed by atoms with van der Waals surface area (Å²) in [4.78, 5) is 4.59. The molecule has 1 aliphatic rings. The van der Waals surface area contributed by atoms with Gasteiger partial charge in [0.05, 0.1) is 0 Å². The molecule has 1 fully saturated rings. The SMILES string of the molecule is CC1(C)CCC(Nc2nc(C(C)(C)C)ns2)C1. The van der Waals surface area contributed by atoms with Crippen molar-refractivity contribution >= 4 is 16.7 Å². The molecule has 1 aliphatic carbocycles. The van der Waals surface area contributed by atoms with Gasteiger partial charge in [0.15, 0.2) is 0 Å². The Balaban J connectivity index is 1.99. The minimum atomic E-state index is 0.0470. The van der Waals surface area contributed by atoms with Crippen molar-refractivity contribution in [3.63, 3.8) is 0 Å². The van der Waals surface area contributed by atoms with E-state index in [9.17, 15) is 0 Å². The maximum Gasteiger partial charge on any atom is 0.202 e. The summed E-state index contributed by atoms with van der Waals surface area (Å²) >= 11 is 1.49. The van der Waals surface area contributed by atoms with Crippen LogP contribution in [0.2, 0.25) is 0 Å². The van der Waals surface area contributed by atoms with Crippen LogP contribution in [0.5, 0.6) is 0 Å². The molecule has 1 heterocycles. The van der Waals surface area contributed by atoms with E-state index in [0.717, 1.165) is 11.0 Å². The number of hydrogen-bond donors (Lipinski definition) is 1. The molecule has 0 radical (unpaired) electrons. The lowest BCUT2D eigenvalue weighted by atomic mass is 9.92. The van der Waals surface area contributed by atoms with Gasteiger partial charge in [-0.25, -0.2) is 4.98 Å². The first-order chi connectivity index (χ1) is 7.76. The van der Waals surface area contributed by atoms with Crippen LogP contribution >= 0.6 is 11.5 Å². The van der Waals surface area contributed by atoms with Gasteiger partial charge in [0.25, 0.3) is 0 Å². The molecule has 2 rings (SSSR count). The predicted octanol–water partition coefficient (Wildman–Crippen LogP) is 3.83. The van der Waals surface area contributed by atoms with Gasteiger partial charge in [-0.05, 0) is 24.7 Å². The number of rotatable bonds is 2. The summed E-state index contributed by atoms with van der Waals surface area (Å²) in [6.45, 7) is 11.1. The van der Waals surface area contributed by atoms with Gasteiger partial charge in [0.2, 0.25) is 5.13 Å². The Morgan fingerprint density at radius 1 is 1.35 bits per heavy atom. The van der Waals surface area contributed by atoms with Crippen LogP contribution < -0.4 is 5.32 Å². The summed E-state index contributed by atoms with van der Waals surface area (Å²) in [5, 5.41) is 4.52. The van der Waals surface area contributed by atoms with Crippen LogP contribution in [0.25, 0.3) is 0 Å². The summed E-state index contributed by atoms with van der Waals surface area (Å²) in [6, 6.07) is 0.575. The lowest BCUT2D eigenvalue weighted by molar-refractivity contribution is 0.378. The second kappa shape index (κ2) is 4.23. The number of hydrogen-bond acceptors (Lipinski definition) is 4. The average Bonchev–Trinajstić information content (AvgIpc) is 2.72. The molecular formula is C13H23N3S. The van der Waals surface area contributed by atoms with Crippen molar-refractivity contribution in [1.82, 2.24) is 9.36 Å². The van der Waals surface area contributed by atoms with E-state index in [4.69, 9.17) is 0 Å². The van der Waals surface area contributed by atoms with Gasteiger partial charge in [-0.2, -0.15) is 4.37 Å². The zero-order valence-corrected chi connectivity index (χ0v) is 12.3. The topological polar surface area (TPSA) is 37.8 Å². The van der Waals surface area contributed by atoms with E-state index in [0.29, 0.717) is 11.5 Å². The van der Waals surface area contributed by atoms with E-state index in [1.54, 1.807) is 0 Å². The summed E-state index contributed by atoms with van der Waals surface area (Å²) in [5.41, 5.74) is 0.528. The number of anilines is 1. The third-order valence-electron chi connectivity index (χ3n) is 3.39. The molecular weight excluding hydrogens is 230 g/mol. The summed E-state index contributed by atoms with van der Waals surface area (Å²) < 4.78 is 4.43. The summed E-state index contributed by atoms with van der Waals surface area (Å²) in [6.07, 6.45) is 3.78. The molecule has 0 bridgehead atoms. The smallest absolute Gasteiger partial charge is 0.202 e. The Labute approximate surface area is 108 Å². The molecule has 4 heteroatoms. The minimum Gasteiger partial charge on any atom is -0.358 e. The molecule has 1 aromatic rings. The van der Waals surface area contributed by atoms with Crippen molar-refractivity contribution < 1.29 is 0 Å². The molecule has 3 nitrogen and oxygen atoms in total. The van der Waals surface area contributed by atoms with Crippen molar-refractivity contribution in [2.75, 3.05) is 5.32 Å². The Bertz CT molecular complexity index is 390. The van der Waals surface area contributed by atoms with E-state index in [-0.39, 0.29) is 5.41 Å². The zero-order chi connectivity index (χ0) is 12.7. The van der Waals surface area contributed by atoms with Crippen LogP contribution in [0.1, 0.15) is 59.7 Å². The predicted molar refractivity (Wildman–Crippen MR) is 73.7 cm³/mol. The normalized spacial score (nSPS) is 23.9. The van der Waals surface area contributed by atoms with Gasteiger partial charge in [-0.15, -0.1) is 0 Å². The molecule has 96 valence electrons. The van der Waals surface area contributed by atoms with Gasteiger partial charge < -0.3 is 5.32 Å². The van der Waals surface area contributed by atoms with Gasteiger partial charge in [-0.1, -0.05) is 34.6 Å². The van der Waals surface area contributed by atoms with Gasteiger partial charge >= 0.3 is 0 Å². The molecule has 1 saturated carbocycles. The molecule has 0 saturated heterocycles. The quantitative estimate of drug-likeness (QED) is 0.870. The first-order valence-electron chi connectivity index (χ1n) is 6.37. The maximum atomic E-state index is 4.59. The van der Waals surface area contributed by atoms with Crippen LogP contribution in [0, 0.1) is 5.41 Å². The fourth-order valence-corrected chi connectivity index (χ4v) is 3.15. The van der Waals surface area contributed by atoms with Crippen LogP contribution in [0.15, 0.2) is 0 Å². The highest BCUT2D eigenvalue weighted by Crippen LogP contribution is 2.38. The Morgan fingerprint density at radius 2 is 2.06 bits per heavy atom. The first kappa shape index (κ1) is 12.8. The van der Waals surface area contributed by atoms with E-state index in [1.807, 2.05) is 0 Å². The van der Waals surface area contributed by atoms with Crippen LogP contribution in [0.3, 0.4) is 0 Å². The Morgan fingerprint density at radius 3 is 2.53 bits per heavy atom. The highest BCUT2D eigenvalue weighted by Gasteiger charge is 2.31. The molecule has 0 aliphatic heterocycles. The average molecular weight is 253 g/mol. The zero-order valence-electron chi connectivity index (χ0n) is 11.5. The molecule has 1 unspecified atom stereocenters. The van der Waals surface area contributed by atoms with Crippen molar-refractivity contribution in [3.05, 3.63) is 5.82 Å². The van der Waals surface area contributed by atoms with Crippen molar-refractivity contribution in [3.8, 4) is 0 Å². The van der Waals surface area contributed by atoms with Gasteiger partial charge in [0, 0.05) is 23.0 Å². The fourth-order valence-electron chi connectivity index (χ4n) is 2.32. The molecule has 1 N–H and O–H groups in total. The second-order valence-corrected chi connectivity index (χ2v) is 7.67. The number of nitrogens with zero attached hydrogens (tertiary/aromatic N) is 2. The van der Waals surface area contributed by atoms with Crippen LogP contribution in [0.4, 0.5) is 5.13 Å². The third-order valence-corrected chi connectivity index (χ3v) is 4.04. The lowest BCUT2D eigenvalue weighted by Crippen LogP contribution is -2.18. The van der Waals surface area contributed by atoms with Crippen molar-refractivity contribution in [1.29, 1.82) is 0 Å². The molecule has 0 spiro atoms. The summed E-state index contributed by atoms with van der Waals surface area (Å²) in [5.74, 6) is 0.947. The standard InChI is InChI=1S/C13H23N3S/c1-12(2,3)10-15-11(17-16-10)14-9-6-7-13(4,5)8-9/h9H,6-8H2,1-5H3,(H,14,15,16). The van der Waals surface area contributed by atoms with E-state index < -0.39 is 0 Å². The lowest BCUT2D eigenvalue weighted by Gasteiger charge is -2.17. The van der Waals surface area contributed by atoms with Crippen LogP contribution in [-0.2, 0) is 5.41 Å². The largest absolute Gasteiger partial charge is 0.358 e. The van der Waals surface area contributed by atoms with Crippen molar-refractivity contribution in [2.45, 2.75) is 65.3 Å². The number of nitrogens with one attached hydrogen (secondary N) is 1. The summed E-state index contributed by atoms with van der Waals surface area (Å²) in [7, 11) is 0. The fraction of sp³-hybridized carbons (Fsp3) is 0.846. The Hall–Kier alpha value is -0.640. The number of aromatic nitrogens is 2. The van der Waals surface area contributed by atoms with E-state index >= 15 is 0 Å². The second-order valence-electron chi connectivity index (χ2n) is 6.92. The first-order valence-corrected chi connectivity index (χ1v) is 7.14. The molecule has 17 heavy (non-hydrogen) atoms. The molecule has 1 aromatic heterocycles. The van der Waals surface area contributed by atoms with Gasteiger partial charge in [0.1, 0.15) is 5.82 Å². The maximum absolute atomic E-state index is 4.59. The van der Waals surface area contributed by atoms with Gasteiger partial charge in [-0.3, -0.25) is 0 Å². The third kappa shape index (κ3) is 3.18. The monoisotopic (exact) mass is 253 g/mol. The minimum absolute atomic E-state index is 0.0470. The van der Waals surface area contributed by atoms with Crippen LogP contribution in [-0.4, -0.2) is 15.4 Å². The Kier molecular flexibility index (Phi) is 3.19. The van der Waals surface area contributed by atoms with E-state index in [2.05, 4.69) is 49.3 Å². The highest BCUT2D eigenvalue weighted by atomic mass is 32.1. The molecule has 0 amide bonds. The molecule has 1 atom stereocenters. The highest BCUT2D eigenvalue weighted by molar-refractivity contribution is 7.09. The van der Waals surface area contributed by atoms with Crippen molar-refractivity contribution in [2.24, 2.45) is 5.41 Å².